The van der Waals surface area contributed by atoms with Crippen molar-refractivity contribution in [2.75, 3.05) is 40.3 Å². The van der Waals surface area contributed by atoms with E-state index in [9.17, 15) is 5.11 Å². The molecule has 0 radical (unpaired) electrons. The van der Waals surface area contributed by atoms with E-state index in [2.05, 4.69) is 56.2 Å². The maximum absolute atomic E-state index is 11.3. The smallest absolute Gasteiger partial charge is 0.137 e. The average Bonchev–Trinajstić information content (AvgIpc) is 3.00. The summed E-state index contributed by atoms with van der Waals surface area (Å²) in [4.78, 5) is 13.7. The van der Waals surface area contributed by atoms with Crippen molar-refractivity contribution in [3.05, 3.63) is 70.8 Å². The molecular weight excluding hydrogens is 544 g/mol. The van der Waals surface area contributed by atoms with Gasteiger partial charge in [0.05, 0.1) is 17.7 Å². The van der Waals surface area contributed by atoms with Gasteiger partial charge in [-0.2, -0.15) is 5.10 Å². The van der Waals surface area contributed by atoms with E-state index >= 15 is 0 Å². The molecule has 3 rings (SSSR count). The van der Waals surface area contributed by atoms with E-state index in [1.165, 1.54) is 17.7 Å². The minimum absolute atomic E-state index is 0.615. The quantitative estimate of drug-likeness (QED) is 0.0947. The first kappa shape index (κ1) is 32.7. The van der Waals surface area contributed by atoms with E-state index < -0.39 is 5.60 Å². The Morgan fingerprint density at radius 2 is 2.14 bits per heavy atom. The van der Waals surface area contributed by atoms with Gasteiger partial charge in [-0.15, -0.1) is 6.42 Å². The van der Waals surface area contributed by atoms with Crippen LogP contribution in [0, 0.1) is 12.3 Å². The molecule has 0 aromatic carbocycles. The minimum Gasteiger partial charge on any atom is -0.381 e. The summed E-state index contributed by atoms with van der Waals surface area (Å²) in [5.74, 6) is 4.56. The molecule has 10 heteroatoms. The van der Waals surface area contributed by atoms with Gasteiger partial charge in [0.2, 0.25) is 0 Å². The molecule has 1 unspecified atom stereocenters. The molecule has 42 heavy (non-hydrogen) atoms. The molecule has 0 saturated carbocycles. The van der Waals surface area contributed by atoms with Gasteiger partial charge < -0.3 is 19.2 Å². The molecule has 0 amide bonds. The Morgan fingerprint density at radius 1 is 1.36 bits per heavy atom. The van der Waals surface area contributed by atoms with E-state index in [1.54, 1.807) is 23.8 Å². The first-order valence-electron chi connectivity index (χ1n) is 14.3. The Kier molecular flexibility index (Phi) is 12.0. The monoisotopic (exact) mass is 588 g/mol. The molecule has 0 aromatic rings. The van der Waals surface area contributed by atoms with Gasteiger partial charge >= 0.3 is 0 Å². The SMILES string of the molecule is C#C/C(=C\N(C)/N=C\N=C(C)N1CC=C(C2=NC=C(C(C)(O)C(/C=C\CC)=C/C)CN2C)CC1)C1=CN(CC)SN=C1. The normalized spacial score (nSPS) is 20.4. The zero-order valence-corrected chi connectivity index (χ0v) is 26.8. The number of likely N-dealkylation sites (N-methyl/N-ethyl adjacent to an activating group) is 1. The summed E-state index contributed by atoms with van der Waals surface area (Å²) < 4.78 is 6.31. The number of allylic oxidation sites excluding steroid dienone is 4. The highest BCUT2D eigenvalue weighted by atomic mass is 32.2. The summed E-state index contributed by atoms with van der Waals surface area (Å²) in [6.07, 6.45) is 24.7. The van der Waals surface area contributed by atoms with Gasteiger partial charge in [-0.3, -0.25) is 5.01 Å². The van der Waals surface area contributed by atoms with Crippen LogP contribution < -0.4 is 0 Å². The summed E-state index contributed by atoms with van der Waals surface area (Å²) >= 11 is 1.39. The highest BCUT2D eigenvalue weighted by Crippen LogP contribution is 2.30. The Hall–Kier alpha value is -3.81. The molecule has 224 valence electrons. The molecule has 9 nitrogen and oxygen atoms in total. The minimum atomic E-state index is -1.07. The molecule has 3 aliphatic heterocycles. The van der Waals surface area contributed by atoms with Crippen LogP contribution in [0.2, 0.25) is 0 Å². The van der Waals surface area contributed by atoms with Crippen molar-refractivity contribution < 1.29 is 5.11 Å². The Morgan fingerprint density at radius 3 is 2.76 bits per heavy atom. The van der Waals surface area contributed by atoms with E-state index in [0.29, 0.717) is 12.1 Å². The maximum atomic E-state index is 11.3. The number of hydrazone groups is 1. The zero-order chi connectivity index (χ0) is 30.7. The van der Waals surface area contributed by atoms with Gasteiger partial charge in [-0.1, -0.05) is 37.1 Å². The highest BCUT2D eigenvalue weighted by molar-refractivity contribution is 7.96. The van der Waals surface area contributed by atoms with Crippen LogP contribution in [0.1, 0.15) is 47.5 Å². The molecule has 1 atom stereocenters. The molecular formula is C32H44N8OS. The topological polar surface area (TPSA) is 82.6 Å². The van der Waals surface area contributed by atoms with Gasteiger partial charge in [0, 0.05) is 76.2 Å². The van der Waals surface area contributed by atoms with E-state index in [1.807, 2.05) is 63.7 Å². The summed E-state index contributed by atoms with van der Waals surface area (Å²) in [6.45, 7) is 12.9. The Bertz CT molecular complexity index is 1340. The lowest BCUT2D eigenvalue weighted by Gasteiger charge is -2.36. The number of aliphatic hydroxyl groups is 1. The third-order valence-electron chi connectivity index (χ3n) is 7.30. The summed E-state index contributed by atoms with van der Waals surface area (Å²) in [7, 11) is 3.85. The van der Waals surface area contributed by atoms with Crippen LogP contribution in [-0.4, -0.2) is 94.3 Å². The summed E-state index contributed by atoms with van der Waals surface area (Å²) in [5, 5.41) is 17.4. The lowest BCUT2D eigenvalue weighted by atomic mass is 9.86. The number of aliphatic imine (C=N–C) groups is 2. The first-order chi connectivity index (χ1) is 20.1. The van der Waals surface area contributed by atoms with Crippen LogP contribution in [0.3, 0.4) is 0 Å². The molecule has 0 saturated heterocycles. The lowest BCUT2D eigenvalue weighted by molar-refractivity contribution is 0.134. The molecule has 1 N–H and O–H groups in total. The predicted molar refractivity (Wildman–Crippen MR) is 179 cm³/mol. The molecule has 3 aliphatic rings. The van der Waals surface area contributed by atoms with Crippen LogP contribution in [0.5, 0.6) is 0 Å². The fraction of sp³-hybridized carbons (Fsp3) is 0.438. The zero-order valence-electron chi connectivity index (χ0n) is 25.9. The molecule has 3 heterocycles. The van der Waals surface area contributed by atoms with Crippen molar-refractivity contribution in [1.82, 2.24) is 19.1 Å². The van der Waals surface area contributed by atoms with E-state index in [-0.39, 0.29) is 0 Å². The molecule has 0 aromatic heterocycles. The molecule has 0 spiro atoms. The van der Waals surface area contributed by atoms with Crippen molar-refractivity contribution >= 4 is 36.4 Å². The fourth-order valence-electron chi connectivity index (χ4n) is 4.68. The van der Waals surface area contributed by atoms with Crippen LogP contribution in [-0.2, 0) is 0 Å². The van der Waals surface area contributed by atoms with Crippen molar-refractivity contribution in [1.29, 1.82) is 0 Å². The predicted octanol–water partition coefficient (Wildman–Crippen LogP) is 5.17. The number of hydrogen-bond acceptors (Lipinski definition) is 8. The third-order valence-corrected chi connectivity index (χ3v) is 8.07. The van der Waals surface area contributed by atoms with Crippen LogP contribution >= 0.6 is 12.1 Å². The standard InChI is InChI=1S/C32H44N8OS/c1-9-13-14-29(11-3)32(6,41)30-20-33-31(37(7)23-30)27-15-17-39(18-16-27)25(5)34-24-35-38(8)21-26(10-2)28-19-36-42-40(12-4)22-28/h2,11,13-15,19-22,24,41H,9,12,16-18,23H2,1,3-8H3/b14-13-,26-21+,29-11+,34-25?,35-24-. The van der Waals surface area contributed by atoms with Crippen LogP contribution in [0.15, 0.2) is 90.3 Å². The number of terminal acetylenes is 1. The third kappa shape index (κ3) is 8.37. The summed E-state index contributed by atoms with van der Waals surface area (Å²) in [5.41, 5.74) is 3.46. The van der Waals surface area contributed by atoms with Gasteiger partial charge in [0.1, 0.15) is 23.6 Å². The van der Waals surface area contributed by atoms with Gasteiger partial charge in [0.15, 0.2) is 0 Å². The first-order valence-corrected chi connectivity index (χ1v) is 15.0. The Balaban J connectivity index is 1.64. The molecule has 0 fully saturated rings. The van der Waals surface area contributed by atoms with Gasteiger partial charge in [-0.25, -0.2) is 14.4 Å². The van der Waals surface area contributed by atoms with Gasteiger partial charge in [-0.05, 0) is 51.7 Å². The summed E-state index contributed by atoms with van der Waals surface area (Å²) in [6, 6.07) is 0. The second-order valence-electron chi connectivity index (χ2n) is 10.3. The van der Waals surface area contributed by atoms with Gasteiger partial charge in [0.25, 0.3) is 0 Å². The Labute approximate surface area is 256 Å². The van der Waals surface area contributed by atoms with Crippen molar-refractivity contribution in [2.45, 2.75) is 53.1 Å². The largest absolute Gasteiger partial charge is 0.381 e. The van der Waals surface area contributed by atoms with E-state index in [4.69, 9.17) is 11.4 Å². The number of amidine groups is 2. The lowest BCUT2D eigenvalue weighted by Crippen LogP contribution is -2.42. The second kappa shape index (κ2) is 15.4. The van der Waals surface area contributed by atoms with Crippen LogP contribution in [0.25, 0.3) is 0 Å². The average molecular weight is 589 g/mol. The molecule has 0 aliphatic carbocycles. The molecule has 0 bridgehead atoms. The number of hydrogen-bond donors (Lipinski definition) is 1. The van der Waals surface area contributed by atoms with Crippen molar-refractivity contribution in [2.24, 2.45) is 19.5 Å². The number of rotatable bonds is 10. The van der Waals surface area contributed by atoms with Crippen LogP contribution in [0.4, 0.5) is 0 Å². The van der Waals surface area contributed by atoms with E-state index in [0.717, 1.165) is 60.9 Å². The number of nitrogens with zero attached hydrogens (tertiary/aromatic N) is 8. The van der Waals surface area contributed by atoms with Crippen molar-refractivity contribution in [3.63, 3.8) is 0 Å². The maximum Gasteiger partial charge on any atom is 0.137 e. The second-order valence-corrected chi connectivity index (χ2v) is 11.2. The highest BCUT2D eigenvalue weighted by Gasteiger charge is 2.32. The fourth-order valence-corrected chi connectivity index (χ4v) is 5.24. The van der Waals surface area contributed by atoms with Crippen molar-refractivity contribution in [3.8, 4) is 12.3 Å².